The Morgan fingerprint density at radius 2 is 1.81 bits per heavy atom. The van der Waals surface area contributed by atoms with Crippen LogP contribution in [-0.2, 0) is 11.2 Å². The molecule has 2 unspecified atom stereocenters. The van der Waals surface area contributed by atoms with Crippen LogP contribution < -0.4 is 5.73 Å². The second-order valence-corrected chi connectivity index (χ2v) is 7.96. The van der Waals surface area contributed by atoms with E-state index < -0.39 is 5.60 Å². The normalized spacial score (nSPS) is 20.2. The molecule has 1 amide bonds. The summed E-state index contributed by atoms with van der Waals surface area (Å²) in [5.41, 5.74) is 9.37. The van der Waals surface area contributed by atoms with Gasteiger partial charge >= 0.3 is 6.09 Å². The lowest BCUT2D eigenvalue weighted by Gasteiger charge is -2.30. The first-order valence-electron chi connectivity index (χ1n) is 9.23. The van der Waals surface area contributed by atoms with Crippen molar-refractivity contribution in [2.24, 2.45) is 5.73 Å². The van der Waals surface area contributed by atoms with E-state index in [1.54, 1.807) is 4.90 Å². The van der Waals surface area contributed by atoms with Crippen molar-refractivity contribution in [3.05, 3.63) is 60.2 Å². The number of carbonyl (C=O) groups is 1. The number of amides is 1. The van der Waals surface area contributed by atoms with E-state index >= 15 is 0 Å². The lowest BCUT2D eigenvalue weighted by molar-refractivity contribution is 0.0220. The van der Waals surface area contributed by atoms with Gasteiger partial charge in [0, 0.05) is 12.6 Å². The first kappa shape index (κ1) is 18.5. The summed E-state index contributed by atoms with van der Waals surface area (Å²) in [6.45, 7) is 6.32. The van der Waals surface area contributed by atoms with Gasteiger partial charge in [-0.05, 0) is 50.3 Å². The highest BCUT2D eigenvalue weighted by molar-refractivity contribution is 5.69. The number of ether oxygens (including phenoxy) is 1. The van der Waals surface area contributed by atoms with Crippen LogP contribution in [0.2, 0.25) is 0 Å². The molecule has 0 aliphatic carbocycles. The van der Waals surface area contributed by atoms with Gasteiger partial charge < -0.3 is 15.4 Å². The van der Waals surface area contributed by atoms with Gasteiger partial charge in [-0.3, -0.25) is 0 Å². The molecule has 1 aliphatic rings. The van der Waals surface area contributed by atoms with Gasteiger partial charge in [0.1, 0.15) is 5.60 Å². The molecule has 2 atom stereocenters. The molecule has 0 saturated carbocycles. The van der Waals surface area contributed by atoms with Crippen LogP contribution in [-0.4, -0.2) is 35.2 Å². The van der Waals surface area contributed by atoms with Gasteiger partial charge in [-0.1, -0.05) is 54.6 Å². The van der Waals surface area contributed by atoms with Crippen LogP contribution in [0.3, 0.4) is 0 Å². The van der Waals surface area contributed by atoms with E-state index in [0.29, 0.717) is 6.54 Å². The van der Waals surface area contributed by atoms with E-state index in [-0.39, 0.29) is 18.2 Å². The Bertz CT molecular complexity index is 752. The highest BCUT2D eigenvalue weighted by Crippen LogP contribution is 2.26. The molecule has 26 heavy (non-hydrogen) atoms. The fourth-order valence-corrected chi connectivity index (χ4v) is 3.44. The van der Waals surface area contributed by atoms with Crippen molar-refractivity contribution < 1.29 is 9.53 Å². The van der Waals surface area contributed by atoms with Gasteiger partial charge in [0.25, 0.3) is 0 Å². The fourth-order valence-electron chi connectivity index (χ4n) is 3.44. The third-order valence-electron chi connectivity index (χ3n) is 4.70. The van der Waals surface area contributed by atoms with Gasteiger partial charge in [0.2, 0.25) is 0 Å². The number of carbonyl (C=O) groups excluding carboxylic acids is 1. The molecule has 1 fully saturated rings. The highest BCUT2D eigenvalue weighted by atomic mass is 16.6. The summed E-state index contributed by atoms with van der Waals surface area (Å²) in [5.74, 6) is 0. The standard InChI is InChI=1S/C22H28N2O2/c1-22(2,3)26-21(25)24-13-12-19(23)20(24)15-16-8-7-11-18(14-16)17-9-5-4-6-10-17/h4-11,14,19-20H,12-13,15,23H2,1-3H3. The molecule has 3 rings (SSSR count). The van der Waals surface area contributed by atoms with E-state index in [9.17, 15) is 4.79 Å². The number of rotatable bonds is 3. The molecule has 2 aromatic carbocycles. The second-order valence-electron chi connectivity index (χ2n) is 7.96. The van der Waals surface area contributed by atoms with Crippen LogP contribution in [0.25, 0.3) is 11.1 Å². The second kappa shape index (κ2) is 7.50. The average molecular weight is 352 g/mol. The van der Waals surface area contributed by atoms with Crippen LogP contribution in [0.5, 0.6) is 0 Å². The largest absolute Gasteiger partial charge is 0.444 e. The maximum atomic E-state index is 12.5. The molecule has 2 N–H and O–H groups in total. The number of hydrogen-bond donors (Lipinski definition) is 1. The van der Waals surface area contributed by atoms with E-state index in [1.807, 2.05) is 39.0 Å². The number of benzene rings is 2. The zero-order valence-electron chi connectivity index (χ0n) is 15.8. The van der Waals surface area contributed by atoms with E-state index in [0.717, 1.165) is 12.8 Å². The summed E-state index contributed by atoms with van der Waals surface area (Å²) in [6, 6.07) is 18.7. The van der Waals surface area contributed by atoms with Crippen LogP contribution in [0.15, 0.2) is 54.6 Å². The summed E-state index contributed by atoms with van der Waals surface area (Å²) in [4.78, 5) is 14.3. The first-order chi connectivity index (χ1) is 12.3. The van der Waals surface area contributed by atoms with Crippen molar-refractivity contribution in [2.75, 3.05) is 6.54 Å². The molecule has 0 radical (unpaired) electrons. The third-order valence-corrected chi connectivity index (χ3v) is 4.70. The van der Waals surface area contributed by atoms with Gasteiger partial charge in [-0.25, -0.2) is 4.79 Å². The monoisotopic (exact) mass is 352 g/mol. The topological polar surface area (TPSA) is 55.6 Å². The third kappa shape index (κ3) is 4.44. The summed E-state index contributed by atoms with van der Waals surface area (Å²) >= 11 is 0. The van der Waals surface area contributed by atoms with E-state index in [4.69, 9.17) is 10.5 Å². The number of likely N-dealkylation sites (tertiary alicyclic amines) is 1. The van der Waals surface area contributed by atoms with Gasteiger partial charge in [0.15, 0.2) is 0 Å². The Balaban J connectivity index is 1.77. The summed E-state index contributed by atoms with van der Waals surface area (Å²) < 4.78 is 5.56. The Morgan fingerprint density at radius 3 is 2.50 bits per heavy atom. The van der Waals surface area contributed by atoms with Crippen LogP contribution in [0, 0.1) is 0 Å². The Labute approximate surface area is 156 Å². The van der Waals surface area contributed by atoms with E-state index in [1.165, 1.54) is 16.7 Å². The zero-order chi connectivity index (χ0) is 18.7. The Hall–Kier alpha value is -2.33. The minimum absolute atomic E-state index is 0.0251. The van der Waals surface area contributed by atoms with Crippen LogP contribution in [0.1, 0.15) is 32.8 Å². The summed E-state index contributed by atoms with van der Waals surface area (Å²) in [7, 11) is 0. The Kier molecular flexibility index (Phi) is 5.33. The minimum atomic E-state index is -0.498. The highest BCUT2D eigenvalue weighted by Gasteiger charge is 2.37. The van der Waals surface area contributed by atoms with Gasteiger partial charge in [-0.2, -0.15) is 0 Å². The molecule has 4 heteroatoms. The quantitative estimate of drug-likeness (QED) is 0.899. The van der Waals surface area contributed by atoms with Crippen molar-refractivity contribution >= 4 is 6.09 Å². The van der Waals surface area contributed by atoms with Crippen molar-refractivity contribution in [1.29, 1.82) is 0 Å². The Morgan fingerprint density at radius 1 is 1.12 bits per heavy atom. The molecule has 0 bridgehead atoms. The van der Waals surface area contributed by atoms with Crippen molar-refractivity contribution in [2.45, 2.75) is 51.3 Å². The maximum absolute atomic E-state index is 12.5. The van der Waals surface area contributed by atoms with Gasteiger partial charge in [0.05, 0.1) is 6.04 Å². The van der Waals surface area contributed by atoms with Gasteiger partial charge in [-0.15, -0.1) is 0 Å². The van der Waals surface area contributed by atoms with Crippen molar-refractivity contribution in [1.82, 2.24) is 4.90 Å². The van der Waals surface area contributed by atoms with Crippen molar-refractivity contribution in [3.63, 3.8) is 0 Å². The summed E-state index contributed by atoms with van der Waals surface area (Å²) in [5, 5.41) is 0. The van der Waals surface area contributed by atoms with Crippen molar-refractivity contribution in [3.8, 4) is 11.1 Å². The molecule has 2 aromatic rings. The molecule has 0 aromatic heterocycles. The minimum Gasteiger partial charge on any atom is -0.444 e. The molecule has 1 saturated heterocycles. The zero-order valence-corrected chi connectivity index (χ0v) is 15.8. The lowest BCUT2D eigenvalue weighted by atomic mass is 9.97. The smallest absolute Gasteiger partial charge is 0.410 e. The first-order valence-corrected chi connectivity index (χ1v) is 9.23. The molecule has 4 nitrogen and oxygen atoms in total. The number of hydrogen-bond acceptors (Lipinski definition) is 3. The number of nitrogens with two attached hydrogens (primary N) is 1. The molecule has 138 valence electrons. The predicted octanol–water partition coefficient (Wildman–Crippen LogP) is 4.23. The summed E-state index contributed by atoms with van der Waals surface area (Å²) in [6.07, 6.45) is 1.28. The van der Waals surface area contributed by atoms with E-state index in [2.05, 4.69) is 36.4 Å². The molecule has 1 heterocycles. The average Bonchev–Trinajstić information content (AvgIpc) is 2.95. The van der Waals surface area contributed by atoms with Crippen LogP contribution >= 0.6 is 0 Å². The lowest BCUT2D eigenvalue weighted by Crippen LogP contribution is -2.46. The number of nitrogens with zero attached hydrogens (tertiary/aromatic N) is 1. The molecule has 1 aliphatic heterocycles. The SMILES string of the molecule is CC(C)(C)OC(=O)N1CCC(N)C1Cc1cccc(-c2ccccc2)c1. The predicted molar refractivity (Wildman–Crippen MR) is 105 cm³/mol. The molecular weight excluding hydrogens is 324 g/mol. The maximum Gasteiger partial charge on any atom is 0.410 e. The van der Waals surface area contributed by atoms with Crippen LogP contribution in [0.4, 0.5) is 4.79 Å². The molecule has 0 spiro atoms. The molecular formula is C22H28N2O2. The fraction of sp³-hybridized carbons (Fsp3) is 0.409.